The summed E-state index contributed by atoms with van der Waals surface area (Å²) in [7, 11) is 0. The molecule has 156 valence electrons. The van der Waals surface area contributed by atoms with E-state index in [1.807, 2.05) is 16.7 Å². The lowest BCUT2D eigenvalue weighted by Crippen LogP contribution is -2.17. The Labute approximate surface area is 178 Å². The average Bonchev–Trinajstić information content (AvgIpc) is 3.56. The zero-order valence-electron chi connectivity index (χ0n) is 17.3. The summed E-state index contributed by atoms with van der Waals surface area (Å²) in [5.74, 6) is -1.44. The second kappa shape index (κ2) is 7.38. The van der Waals surface area contributed by atoms with Crippen molar-refractivity contribution >= 4 is 10.9 Å². The van der Waals surface area contributed by atoms with Crippen LogP contribution in [0.4, 0.5) is 8.78 Å². The summed E-state index contributed by atoms with van der Waals surface area (Å²) in [4.78, 5) is 21.5. The highest BCUT2D eigenvalue weighted by Crippen LogP contribution is 2.40. The SMILES string of the molecule is Cc1cc(-c2c(F)cc3c(=O)c(Cc4ccncc4)cn(C4CC4)c3c2F)cc(C)n1. The van der Waals surface area contributed by atoms with Crippen LogP contribution in [0.1, 0.15) is 41.4 Å². The second-order valence-electron chi connectivity index (χ2n) is 8.24. The molecule has 4 aromatic rings. The van der Waals surface area contributed by atoms with E-state index in [4.69, 9.17) is 0 Å². The molecular formula is C25H21F2N3O. The maximum Gasteiger partial charge on any atom is 0.193 e. The van der Waals surface area contributed by atoms with Gasteiger partial charge >= 0.3 is 0 Å². The molecule has 0 saturated heterocycles. The number of aryl methyl sites for hydroxylation is 2. The first kappa shape index (κ1) is 19.5. The Morgan fingerprint density at radius 1 is 1.06 bits per heavy atom. The van der Waals surface area contributed by atoms with Gasteiger partial charge in [0, 0.05) is 48.0 Å². The Hall–Kier alpha value is -3.41. The van der Waals surface area contributed by atoms with Crippen LogP contribution in [0.2, 0.25) is 0 Å². The molecule has 6 heteroatoms. The topological polar surface area (TPSA) is 47.8 Å². The average molecular weight is 417 g/mol. The monoisotopic (exact) mass is 417 g/mol. The molecule has 0 spiro atoms. The largest absolute Gasteiger partial charge is 0.342 e. The number of halogens is 2. The van der Waals surface area contributed by atoms with E-state index in [-0.39, 0.29) is 27.9 Å². The number of nitrogens with zero attached hydrogens (tertiary/aromatic N) is 3. The molecule has 0 bridgehead atoms. The first-order valence-electron chi connectivity index (χ1n) is 10.3. The highest BCUT2D eigenvalue weighted by molar-refractivity contribution is 5.87. The van der Waals surface area contributed by atoms with E-state index in [0.717, 1.165) is 18.4 Å². The van der Waals surface area contributed by atoms with Crippen LogP contribution < -0.4 is 5.43 Å². The van der Waals surface area contributed by atoms with Crippen LogP contribution in [-0.4, -0.2) is 14.5 Å². The van der Waals surface area contributed by atoms with Gasteiger partial charge in [0.25, 0.3) is 0 Å². The maximum atomic E-state index is 15.8. The van der Waals surface area contributed by atoms with Gasteiger partial charge in [-0.05, 0) is 68.1 Å². The molecule has 3 aromatic heterocycles. The minimum Gasteiger partial charge on any atom is -0.342 e. The third-order valence-corrected chi connectivity index (χ3v) is 5.74. The van der Waals surface area contributed by atoms with Crippen LogP contribution in [0.3, 0.4) is 0 Å². The van der Waals surface area contributed by atoms with Gasteiger partial charge in [0.1, 0.15) is 5.82 Å². The molecule has 1 aliphatic carbocycles. The maximum absolute atomic E-state index is 15.8. The molecule has 1 aromatic carbocycles. The summed E-state index contributed by atoms with van der Waals surface area (Å²) in [6.07, 6.45) is 7.28. The summed E-state index contributed by atoms with van der Waals surface area (Å²) in [6.45, 7) is 3.58. The summed E-state index contributed by atoms with van der Waals surface area (Å²) in [6, 6.07) is 8.31. The lowest BCUT2D eigenvalue weighted by molar-refractivity contribution is 0.589. The predicted molar refractivity (Wildman–Crippen MR) is 116 cm³/mol. The molecule has 3 heterocycles. The number of pyridine rings is 3. The molecule has 0 radical (unpaired) electrons. The van der Waals surface area contributed by atoms with Gasteiger partial charge in [-0.3, -0.25) is 14.8 Å². The molecule has 31 heavy (non-hydrogen) atoms. The minimum absolute atomic E-state index is 0.0831. The van der Waals surface area contributed by atoms with Crippen LogP contribution >= 0.6 is 0 Å². The zero-order valence-corrected chi connectivity index (χ0v) is 17.3. The molecule has 5 rings (SSSR count). The van der Waals surface area contributed by atoms with E-state index in [1.165, 1.54) is 6.07 Å². The Bertz CT molecular complexity index is 1360. The summed E-state index contributed by atoms with van der Waals surface area (Å²) in [5, 5.41) is 0.0831. The first-order valence-corrected chi connectivity index (χ1v) is 10.3. The zero-order chi connectivity index (χ0) is 21.7. The Balaban J connectivity index is 1.77. The van der Waals surface area contributed by atoms with Crippen molar-refractivity contribution < 1.29 is 8.78 Å². The summed E-state index contributed by atoms with van der Waals surface area (Å²) in [5.41, 5.74) is 2.96. The van der Waals surface area contributed by atoms with E-state index < -0.39 is 11.6 Å². The highest BCUT2D eigenvalue weighted by Gasteiger charge is 2.29. The van der Waals surface area contributed by atoms with Crippen molar-refractivity contribution in [3.05, 3.63) is 93.3 Å². The van der Waals surface area contributed by atoms with Crippen molar-refractivity contribution in [1.82, 2.24) is 14.5 Å². The van der Waals surface area contributed by atoms with Crippen LogP contribution in [0.15, 0.2) is 53.7 Å². The molecule has 1 saturated carbocycles. The van der Waals surface area contributed by atoms with E-state index in [1.54, 1.807) is 44.6 Å². The third-order valence-electron chi connectivity index (χ3n) is 5.74. The number of hydrogen-bond acceptors (Lipinski definition) is 3. The van der Waals surface area contributed by atoms with Crippen molar-refractivity contribution in [3.8, 4) is 11.1 Å². The van der Waals surface area contributed by atoms with E-state index >= 15 is 8.78 Å². The molecule has 0 N–H and O–H groups in total. The van der Waals surface area contributed by atoms with Crippen LogP contribution in [0.5, 0.6) is 0 Å². The fraction of sp³-hybridized carbons (Fsp3) is 0.240. The standard InChI is InChI=1S/C25H21F2N3O/c1-14-9-17(10-15(2)29-14)22-21(26)12-20-24(23(22)27)30(19-3-4-19)13-18(25(20)31)11-16-5-7-28-8-6-16/h5-10,12-13,19H,3-4,11H2,1-2H3. The molecule has 1 aliphatic rings. The Kier molecular flexibility index (Phi) is 4.65. The van der Waals surface area contributed by atoms with Crippen molar-refractivity contribution in [2.75, 3.05) is 0 Å². The van der Waals surface area contributed by atoms with Crippen LogP contribution in [0.25, 0.3) is 22.0 Å². The van der Waals surface area contributed by atoms with Gasteiger partial charge < -0.3 is 4.57 Å². The lowest BCUT2D eigenvalue weighted by atomic mass is 9.98. The molecule has 1 fully saturated rings. The number of hydrogen-bond donors (Lipinski definition) is 0. The number of aromatic nitrogens is 3. The van der Waals surface area contributed by atoms with Gasteiger partial charge in [-0.1, -0.05) is 0 Å². The molecule has 0 unspecified atom stereocenters. The molecule has 0 atom stereocenters. The molecule has 0 aliphatic heterocycles. The lowest BCUT2D eigenvalue weighted by Gasteiger charge is -2.17. The minimum atomic E-state index is -0.740. The van der Waals surface area contributed by atoms with Crippen molar-refractivity contribution in [1.29, 1.82) is 0 Å². The van der Waals surface area contributed by atoms with E-state index in [9.17, 15) is 4.79 Å². The van der Waals surface area contributed by atoms with E-state index in [0.29, 0.717) is 28.9 Å². The van der Waals surface area contributed by atoms with Crippen molar-refractivity contribution in [3.63, 3.8) is 0 Å². The van der Waals surface area contributed by atoms with Gasteiger partial charge in [-0.25, -0.2) is 8.78 Å². The number of rotatable bonds is 4. The Morgan fingerprint density at radius 3 is 2.39 bits per heavy atom. The van der Waals surface area contributed by atoms with Crippen LogP contribution in [-0.2, 0) is 6.42 Å². The normalized spacial score (nSPS) is 13.7. The quantitative estimate of drug-likeness (QED) is 0.454. The third kappa shape index (κ3) is 3.52. The van der Waals surface area contributed by atoms with Crippen LogP contribution in [0, 0.1) is 25.5 Å². The number of benzene rings is 1. The van der Waals surface area contributed by atoms with Gasteiger partial charge in [0.05, 0.1) is 16.5 Å². The highest BCUT2D eigenvalue weighted by atomic mass is 19.1. The fourth-order valence-corrected chi connectivity index (χ4v) is 4.23. The van der Waals surface area contributed by atoms with Crippen molar-refractivity contribution in [2.45, 2.75) is 39.2 Å². The first-order chi connectivity index (χ1) is 14.9. The molecule has 4 nitrogen and oxygen atoms in total. The smallest absolute Gasteiger partial charge is 0.193 e. The summed E-state index contributed by atoms with van der Waals surface area (Å²) >= 11 is 0. The van der Waals surface area contributed by atoms with Gasteiger partial charge in [0.15, 0.2) is 11.2 Å². The van der Waals surface area contributed by atoms with E-state index in [2.05, 4.69) is 9.97 Å². The summed E-state index contributed by atoms with van der Waals surface area (Å²) < 4.78 is 32.9. The van der Waals surface area contributed by atoms with Gasteiger partial charge in [0.2, 0.25) is 0 Å². The van der Waals surface area contributed by atoms with Gasteiger partial charge in [-0.2, -0.15) is 0 Å². The van der Waals surface area contributed by atoms with Crippen molar-refractivity contribution in [2.24, 2.45) is 0 Å². The second-order valence-corrected chi connectivity index (χ2v) is 8.24. The number of fused-ring (bicyclic) bond motifs is 1. The predicted octanol–water partition coefficient (Wildman–Crippen LogP) is 5.28. The molecular weight excluding hydrogens is 396 g/mol. The molecule has 0 amide bonds. The Morgan fingerprint density at radius 2 is 1.74 bits per heavy atom. The van der Waals surface area contributed by atoms with Gasteiger partial charge in [-0.15, -0.1) is 0 Å². The fourth-order valence-electron chi connectivity index (χ4n) is 4.23.